The van der Waals surface area contributed by atoms with Crippen molar-refractivity contribution in [3.05, 3.63) is 29.8 Å². The minimum atomic E-state index is -0.152. The summed E-state index contributed by atoms with van der Waals surface area (Å²) in [5, 5.41) is 12.0. The Morgan fingerprint density at radius 3 is 3.04 bits per heavy atom. The van der Waals surface area contributed by atoms with Crippen LogP contribution in [0.1, 0.15) is 18.4 Å². The SMILES string of the molecule is Cc1cccc(Nc2nnc(SCC(=O)N3CCCC3=O)s2)c1. The highest BCUT2D eigenvalue weighted by Gasteiger charge is 2.26. The number of thioether (sulfide) groups is 1. The third-order valence-corrected chi connectivity index (χ3v) is 5.33. The number of anilines is 2. The molecule has 2 amide bonds. The Bertz CT molecular complexity index is 732. The van der Waals surface area contributed by atoms with Crippen LogP contribution in [0.25, 0.3) is 0 Å². The minimum absolute atomic E-state index is 0.0744. The van der Waals surface area contributed by atoms with Gasteiger partial charge in [0.25, 0.3) is 0 Å². The molecule has 2 heterocycles. The van der Waals surface area contributed by atoms with E-state index < -0.39 is 0 Å². The van der Waals surface area contributed by atoms with Gasteiger partial charge in [-0.3, -0.25) is 14.5 Å². The van der Waals surface area contributed by atoms with E-state index in [-0.39, 0.29) is 17.6 Å². The maximum absolute atomic E-state index is 12.0. The Kier molecular flexibility index (Phi) is 4.92. The van der Waals surface area contributed by atoms with Crippen LogP contribution < -0.4 is 5.32 Å². The fourth-order valence-corrected chi connectivity index (χ4v) is 3.93. The molecule has 0 saturated carbocycles. The van der Waals surface area contributed by atoms with Crippen LogP contribution in [0.3, 0.4) is 0 Å². The van der Waals surface area contributed by atoms with Crippen molar-refractivity contribution in [1.82, 2.24) is 15.1 Å². The standard InChI is InChI=1S/C15H16N4O2S2/c1-10-4-2-5-11(8-10)16-14-17-18-15(23-14)22-9-13(21)19-7-3-6-12(19)20/h2,4-5,8H,3,6-7,9H2,1H3,(H,16,17). The average Bonchev–Trinajstić information content (AvgIpc) is 3.14. The molecule has 0 aliphatic carbocycles. The number of nitrogens with one attached hydrogen (secondary N) is 1. The number of rotatable bonds is 5. The molecule has 2 aromatic rings. The van der Waals surface area contributed by atoms with Crippen molar-refractivity contribution in [2.75, 3.05) is 17.6 Å². The molecule has 0 bridgehead atoms. The zero-order valence-electron chi connectivity index (χ0n) is 12.6. The molecule has 1 aliphatic rings. The summed E-state index contributed by atoms with van der Waals surface area (Å²) in [6.45, 7) is 2.56. The number of likely N-dealkylation sites (tertiary alicyclic amines) is 1. The van der Waals surface area contributed by atoms with Crippen LogP contribution >= 0.6 is 23.1 Å². The van der Waals surface area contributed by atoms with Crippen LogP contribution in [0.5, 0.6) is 0 Å². The lowest BCUT2D eigenvalue weighted by molar-refractivity contribution is -0.140. The lowest BCUT2D eigenvalue weighted by Gasteiger charge is -2.11. The van der Waals surface area contributed by atoms with Crippen LogP contribution in [0, 0.1) is 6.92 Å². The van der Waals surface area contributed by atoms with E-state index in [1.165, 1.54) is 28.0 Å². The van der Waals surface area contributed by atoms with Gasteiger partial charge in [0.1, 0.15) is 0 Å². The largest absolute Gasteiger partial charge is 0.330 e. The van der Waals surface area contributed by atoms with Crippen molar-refractivity contribution >= 4 is 45.7 Å². The van der Waals surface area contributed by atoms with E-state index in [0.29, 0.717) is 22.4 Å². The summed E-state index contributed by atoms with van der Waals surface area (Å²) >= 11 is 2.71. The number of imide groups is 1. The van der Waals surface area contributed by atoms with Gasteiger partial charge in [0.2, 0.25) is 16.9 Å². The molecule has 1 aromatic heterocycles. The maximum Gasteiger partial charge on any atom is 0.239 e. The molecule has 1 aliphatic heterocycles. The Balaban J connectivity index is 1.55. The number of nitrogens with zero attached hydrogens (tertiary/aromatic N) is 3. The number of carbonyl (C=O) groups excluding carboxylic acids is 2. The number of carbonyl (C=O) groups is 2. The summed E-state index contributed by atoms with van der Waals surface area (Å²) in [6, 6.07) is 7.98. The van der Waals surface area contributed by atoms with Gasteiger partial charge in [0.05, 0.1) is 5.75 Å². The van der Waals surface area contributed by atoms with E-state index in [2.05, 4.69) is 15.5 Å². The van der Waals surface area contributed by atoms with Crippen molar-refractivity contribution in [2.45, 2.75) is 24.1 Å². The molecule has 0 unspecified atom stereocenters. The van der Waals surface area contributed by atoms with Gasteiger partial charge in [-0.25, -0.2) is 0 Å². The zero-order valence-corrected chi connectivity index (χ0v) is 14.2. The normalized spacial score (nSPS) is 14.3. The number of hydrogen-bond donors (Lipinski definition) is 1. The monoisotopic (exact) mass is 348 g/mol. The lowest BCUT2D eigenvalue weighted by atomic mass is 10.2. The highest BCUT2D eigenvalue weighted by Crippen LogP contribution is 2.28. The van der Waals surface area contributed by atoms with Gasteiger partial charge in [-0.15, -0.1) is 10.2 Å². The van der Waals surface area contributed by atoms with E-state index in [1.54, 1.807) is 0 Å². The van der Waals surface area contributed by atoms with Crippen LogP contribution in [-0.4, -0.2) is 39.2 Å². The molecule has 8 heteroatoms. The first-order valence-corrected chi connectivity index (χ1v) is 9.05. The smallest absolute Gasteiger partial charge is 0.239 e. The number of amides is 2. The van der Waals surface area contributed by atoms with Crippen LogP contribution in [0.15, 0.2) is 28.6 Å². The first-order valence-electron chi connectivity index (χ1n) is 7.25. The van der Waals surface area contributed by atoms with Gasteiger partial charge < -0.3 is 5.32 Å². The first-order chi connectivity index (χ1) is 11.1. The molecule has 23 heavy (non-hydrogen) atoms. The van der Waals surface area contributed by atoms with E-state index in [9.17, 15) is 9.59 Å². The van der Waals surface area contributed by atoms with Gasteiger partial charge in [-0.05, 0) is 31.0 Å². The second-order valence-electron chi connectivity index (χ2n) is 5.20. The van der Waals surface area contributed by atoms with Crippen LogP contribution in [0.4, 0.5) is 10.8 Å². The maximum atomic E-state index is 12.0. The van der Waals surface area contributed by atoms with Gasteiger partial charge >= 0.3 is 0 Å². The van der Waals surface area contributed by atoms with Crippen molar-refractivity contribution in [2.24, 2.45) is 0 Å². The number of benzene rings is 1. The Labute approximate surface area is 142 Å². The summed E-state index contributed by atoms with van der Waals surface area (Å²) < 4.78 is 0.708. The number of hydrogen-bond acceptors (Lipinski definition) is 7. The predicted molar refractivity (Wildman–Crippen MR) is 91.0 cm³/mol. The molecule has 0 spiro atoms. The Hall–Kier alpha value is -1.93. The van der Waals surface area contributed by atoms with E-state index in [1.807, 2.05) is 31.2 Å². The number of aryl methyl sites for hydroxylation is 1. The highest BCUT2D eigenvalue weighted by molar-refractivity contribution is 8.01. The topological polar surface area (TPSA) is 75.2 Å². The molecule has 120 valence electrons. The molecule has 3 rings (SSSR count). The Morgan fingerprint density at radius 2 is 2.30 bits per heavy atom. The van der Waals surface area contributed by atoms with Gasteiger partial charge in [-0.2, -0.15) is 0 Å². The second kappa shape index (κ2) is 7.10. The second-order valence-corrected chi connectivity index (χ2v) is 7.40. The minimum Gasteiger partial charge on any atom is -0.330 e. The summed E-state index contributed by atoms with van der Waals surface area (Å²) in [6.07, 6.45) is 1.23. The first kappa shape index (κ1) is 15.9. The van der Waals surface area contributed by atoms with Gasteiger partial charge in [0, 0.05) is 18.7 Å². The molecule has 1 N–H and O–H groups in total. The summed E-state index contributed by atoms with van der Waals surface area (Å²) in [5.41, 5.74) is 2.12. The average molecular weight is 348 g/mol. The van der Waals surface area contributed by atoms with Crippen molar-refractivity contribution in [3.63, 3.8) is 0 Å². The summed E-state index contributed by atoms with van der Waals surface area (Å²) in [4.78, 5) is 24.8. The van der Waals surface area contributed by atoms with Crippen molar-refractivity contribution in [1.29, 1.82) is 0 Å². The van der Waals surface area contributed by atoms with Crippen LogP contribution in [-0.2, 0) is 9.59 Å². The van der Waals surface area contributed by atoms with Gasteiger partial charge in [-0.1, -0.05) is 35.2 Å². The lowest BCUT2D eigenvalue weighted by Crippen LogP contribution is -2.33. The van der Waals surface area contributed by atoms with Crippen molar-refractivity contribution in [3.8, 4) is 0 Å². The van der Waals surface area contributed by atoms with Gasteiger partial charge in [0.15, 0.2) is 4.34 Å². The van der Waals surface area contributed by atoms with Crippen LogP contribution in [0.2, 0.25) is 0 Å². The van der Waals surface area contributed by atoms with E-state index in [0.717, 1.165) is 17.7 Å². The molecular weight excluding hydrogens is 332 g/mol. The summed E-state index contributed by atoms with van der Waals surface area (Å²) in [5.74, 6) is -0.0132. The molecule has 0 atom stereocenters. The molecule has 6 nitrogen and oxygen atoms in total. The van der Waals surface area contributed by atoms with E-state index >= 15 is 0 Å². The summed E-state index contributed by atoms with van der Waals surface area (Å²) in [7, 11) is 0. The van der Waals surface area contributed by atoms with E-state index in [4.69, 9.17) is 0 Å². The molecule has 1 fully saturated rings. The molecule has 1 saturated heterocycles. The zero-order chi connectivity index (χ0) is 16.2. The predicted octanol–water partition coefficient (Wildman–Crippen LogP) is 2.83. The quantitative estimate of drug-likeness (QED) is 0.838. The number of aromatic nitrogens is 2. The third-order valence-electron chi connectivity index (χ3n) is 3.37. The third kappa shape index (κ3) is 4.08. The highest BCUT2D eigenvalue weighted by atomic mass is 32.2. The fourth-order valence-electron chi connectivity index (χ4n) is 2.28. The molecule has 0 radical (unpaired) electrons. The molecule has 1 aromatic carbocycles. The fraction of sp³-hybridized carbons (Fsp3) is 0.333. The Morgan fingerprint density at radius 1 is 1.43 bits per heavy atom. The van der Waals surface area contributed by atoms with Crippen molar-refractivity contribution < 1.29 is 9.59 Å². The molecular formula is C15H16N4O2S2.